The zero-order chi connectivity index (χ0) is 15.1. The molecule has 2 nitrogen and oxygen atoms in total. The summed E-state index contributed by atoms with van der Waals surface area (Å²) in [4.78, 5) is 3.46. The van der Waals surface area contributed by atoms with Crippen LogP contribution in [-0.2, 0) is 0 Å². The van der Waals surface area contributed by atoms with Crippen LogP contribution in [0.3, 0.4) is 0 Å². The summed E-state index contributed by atoms with van der Waals surface area (Å²) in [5, 5.41) is 4.34. The minimum atomic E-state index is -0.207. The van der Waals surface area contributed by atoms with E-state index in [0.29, 0.717) is 0 Å². The Morgan fingerprint density at radius 1 is 1.05 bits per heavy atom. The molecule has 0 fully saturated rings. The van der Waals surface area contributed by atoms with E-state index >= 15 is 0 Å². The minimum Gasteiger partial charge on any atom is -0.384 e. The van der Waals surface area contributed by atoms with Crippen LogP contribution in [0.15, 0.2) is 48.5 Å². The highest BCUT2D eigenvalue weighted by atomic mass is 19.1. The number of benzene rings is 2. The Hall–Kier alpha value is -2.55. The van der Waals surface area contributed by atoms with Gasteiger partial charge in [-0.1, -0.05) is 35.9 Å². The van der Waals surface area contributed by atoms with Crippen molar-refractivity contribution >= 4 is 16.6 Å². The SMILES string of the molecule is Cc1ccc(-c2[nH]c3ccc(F)cc3c2C2=CCCN2)cc1. The van der Waals surface area contributed by atoms with Crippen molar-refractivity contribution in [2.24, 2.45) is 0 Å². The Morgan fingerprint density at radius 2 is 1.86 bits per heavy atom. The van der Waals surface area contributed by atoms with Gasteiger partial charge in [0.25, 0.3) is 0 Å². The van der Waals surface area contributed by atoms with Crippen LogP contribution in [0.1, 0.15) is 17.5 Å². The van der Waals surface area contributed by atoms with Crippen molar-refractivity contribution in [2.45, 2.75) is 13.3 Å². The minimum absolute atomic E-state index is 0.207. The maximum Gasteiger partial charge on any atom is 0.123 e. The van der Waals surface area contributed by atoms with Gasteiger partial charge in [-0.15, -0.1) is 0 Å². The fraction of sp³-hybridized carbons (Fsp3) is 0.158. The molecule has 0 radical (unpaired) electrons. The van der Waals surface area contributed by atoms with E-state index in [-0.39, 0.29) is 5.82 Å². The van der Waals surface area contributed by atoms with E-state index in [2.05, 4.69) is 47.6 Å². The van der Waals surface area contributed by atoms with Crippen LogP contribution in [0, 0.1) is 12.7 Å². The summed E-state index contributed by atoms with van der Waals surface area (Å²) in [6.07, 6.45) is 3.19. The highest BCUT2D eigenvalue weighted by Gasteiger charge is 2.19. The predicted octanol–water partition coefficient (Wildman–Crippen LogP) is 4.62. The van der Waals surface area contributed by atoms with E-state index in [0.717, 1.165) is 46.4 Å². The molecule has 0 atom stereocenters. The van der Waals surface area contributed by atoms with Crippen molar-refractivity contribution in [2.75, 3.05) is 6.54 Å². The number of nitrogens with one attached hydrogen (secondary N) is 2. The fourth-order valence-electron chi connectivity index (χ4n) is 3.07. The molecule has 2 N–H and O–H groups in total. The second-order valence-corrected chi connectivity index (χ2v) is 5.76. The number of aromatic nitrogens is 1. The van der Waals surface area contributed by atoms with E-state index in [4.69, 9.17) is 0 Å². The topological polar surface area (TPSA) is 27.8 Å². The monoisotopic (exact) mass is 292 g/mol. The van der Waals surface area contributed by atoms with Crippen molar-refractivity contribution in [1.82, 2.24) is 10.3 Å². The summed E-state index contributed by atoms with van der Waals surface area (Å²) in [7, 11) is 0. The normalized spacial score (nSPS) is 14.2. The van der Waals surface area contributed by atoms with Crippen molar-refractivity contribution in [3.05, 3.63) is 65.5 Å². The van der Waals surface area contributed by atoms with Crippen LogP contribution in [0.25, 0.3) is 27.9 Å². The first kappa shape index (κ1) is 13.1. The molecule has 0 amide bonds. The first-order valence-electron chi connectivity index (χ1n) is 7.55. The Morgan fingerprint density at radius 3 is 2.59 bits per heavy atom. The van der Waals surface area contributed by atoms with Gasteiger partial charge in [-0.2, -0.15) is 0 Å². The van der Waals surface area contributed by atoms with Crippen molar-refractivity contribution in [1.29, 1.82) is 0 Å². The van der Waals surface area contributed by atoms with Crippen LogP contribution in [0.2, 0.25) is 0 Å². The standard InChI is InChI=1S/C19H17FN2/c1-12-4-6-13(7-5-12)19-18(17-3-2-10-21-17)15-11-14(20)8-9-16(15)22-19/h3-9,11,21-22H,2,10H2,1H3. The number of fused-ring (bicyclic) bond motifs is 1. The van der Waals surface area contributed by atoms with E-state index in [1.807, 2.05) is 0 Å². The van der Waals surface area contributed by atoms with Crippen LogP contribution in [-0.4, -0.2) is 11.5 Å². The van der Waals surface area contributed by atoms with Gasteiger partial charge < -0.3 is 10.3 Å². The molecule has 0 saturated carbocycles. The van der Waals surface area contributed by atoms with Crippen molar-refractivity contribution < 1.29 is 4.39 Å². The molecule has 22 heavy (non-hydrogen) atoms. The van der Waals surface area contributed by atoms with Crippen LogP contribution >= 0.6 is 0 Å². The van der Waals surface area contributed by atoms with Gasteiger partial charge in [0.1, 0.15) is 5.82 Å². The number of rotatable bonds is 2. The van der Waals surface area contributed by atoms with Gasteiger partial charge in [-0.25, -0.2) is 4.39 Å². The summed E-state index contributed by atoms with van der Waals surface area (Å²) in [6, 6.07) is 13.3. The molecular weight excluding hydrogens is 275 g/mol. The molecule has 3 aromatic rings. The van der Waals surface area contributed by atoms with E-state index in [9.17, 15) is 4.39 Å². The van der Waals surface area contributed by atoms with Crippen molar-refractivity contribution in [3.8, 4) is 11.3 Å². The number of H-pyrrole nitrogens is 1. The van der Waals surface area contributed by atoms with Crippen LogP contribution in [0.5, 0.6) is 0 Å². The first-order chi connectivity index (χ1) is 10.7. The molecule has 0 saturated heterocycles. The first-order valence-corrected chi connectivity index (χ1v) is 7.55. The summed E-state index contributed by atoms with van der Waals surface area (Å²) in [5.74, 6) is -0.207. The quantitative estimate of drug-likeness (QED) is 0.709. The molecular formula is C19H17FN2. The summed E-state index contributed by atoms with van der Waals surface area (Å²) < 4.78 is 13.7. The van der Waals surface area contributed by atoms with Crippen LogP contribution < -0.4 is 5.32 Å². The molecule has 110 valence electrons. The lowest BCUT2D eigenvalue weighted by atomic mass is 10.0. The lowest BCUT2D eigenvalue weighted by Gasteiger charge is -2.08. The Balaban J connectivity index is 2.00. The fourth-order valence-corrected chi connectivity index (χ4v) is 3.07. The third-order valence-corrected chi connectivity index (χ3v) is 4.18. The molecule has 0 unspecified atom stereocenters. The largest absolute Gasteiger partial charge is 0.384 e. The van der Waals surface area contributed by atoms with E-state index < -0.39 is 0 Å². The van der Waals surface area contributed by atoms with Gasteiger partial charge in [0, 0.05) is 28.7 Å². The maximum absolute atomic E-state index is 13.7. The average Bonchev–Trinajstić information content (AvgIpc) is 3.14. The van der Waals surface area contributed by atoms with Gasteiger partial charge >= 0.3 is 0 Å². The molecule has 1 aliphatic heterocycles. The molecule has 0 spiro atoms. The predicted molar refractivity (Wildman–Crippen MR) is 89.0 cm³/mol. The van der Waals surface area contributed by atoms with Gasteiger partial charge in [-0.3, -0.25) is 0 Å². The molecule has 2 aromatic carbocycles. The highest BCUT2D eigenvalue weighted by molar-refractivity contribution is 6.00. The zero-order valence-electron chi connectivity index (χ0n) is 12.4. The molecule has 4 rings (SSSR count). The number of hydrogen-bond acceptors (Lipinski definition) is 1. The zero-order valence-corrected chi connectivity index (χ0v) is 12.4. The van der Waals surface area contributed by atoms with Crippen molar-refractivity contribution in [3.63, 3.8) is 0 Å². The molecule has 0 bridgehead atoms. The maximum atomic E-state index is 13.7. The molecule has 3 heteroatoms. The Labute approximate surface area is 128 Å². The summed E-state index contributed by atoms with van der Waals surface area (Å²) >= 11 is 0. The van der Waals surface area contributed by atoms with E-state index in [1.165, 1.54) is 11.6 Å². The second-order valence-electron chi connectivity index (χ2n) is 5.76. The summed E-state index contributed by atoms with van der Waals surface area (Å²) in [6.45, 7) is 3.01. The Kier molecular flexibility index (Phi) is 3.00. The molecule has 0 aliphatic carbocycles. The van der Waals surface area contributed by atoms with Gasteiger partial charge in [0.2, 0.25) is 0 Å². The average molecular weight is 292 g/mol. The molecule has 1 aliphatic rings. The van der Waals surface area contributed by atoms with Gasteiger partial charge in [0.05, 0.1) is 5.69 Å². The van der Waals surface area contributed by atoms with Crippen LogP contribution in [0.4, 0.5) is 4.39 Å². The number of aryl methyl sites for hydroxylation is 1. The second kappa shape index (κ2) is 5.02. The van der Waals surface area contributed by atoms with Gasteiger partial charge in [0.15, 0.2) is 0 Å². The lowest BCUT2D eigenvalue weighted by Crippen LogP contribution is -2.06. The van der Waals surface area contributed by atoms with Gasteiger partial charge in [-0.05, 0) is 37.1 Å². The highest BCUT2D eigenvalue weighted by Crippen LogP contribution is 2.36. The summed E-state index contributed by atoms with van der Waals surface area (Å²) in [5.41, 5.74) is 6.50. The third-order valence-electron chi connectivity index (χ3n) is 4.18. The third kappa shape index (κ3) is 2.10. The molecule has 2 heterocycles. The number of hydrogen-bond donors (Lipinski definition) is 2. The molecule has 1 aromatic heterocycles. The number of halogens is 1. The van der Waals surface area contributed by atoms with E-state index in [1.54, 1.807) is 12.1 Å². The smallest absolute Gasteiger partial charge is 0.123 e. The Bertz CT molecular complexity index is 872. The lowest BCUT2D eigenvalue weighted by molar-refractivity contribution is 0.629. The number of aromatic amines is 1.